The van der Waals surface area contributed by atoms with Crippen molar-refractivity contribution in [3.63, 3.8) is 0 Å². The fourth-order valence-corrected chi connectivity index (χ4v) is 2.01. The monoisotopic (exact) mass is 279 g/mol. The van der Waals surface area contributed by atoms with Crippen LogP contribution in [0.1, 0.15) is 30.1 Å². The number of aliphatic hydroxyl groups excluding tert-OH is 1. The Hall–Kier alpha value is -2.01. The summed E-state index contributed by atoms with van der Waals surface area (Å²) in [5.74, 6) is -0.140. The van der Waals surface area contributed by atoms with Crippen LogP contribution < -0.4 is 4.74 Å². The highest BCUT2D eigenvalue weighted by atomic mass is 19.3. The van der Waals surface area contributed by atoms with Crippen LogP contribution >= 0.6 is 0 Å². The van der Waals surface area contributed by atoms with E-state index in [1.165, 1.54) is 12.1 Å². The molecule has 0 fully saturated rings. The Balaban J connectivity index is 2.18. The minimum Gasteiger partial charge on any atom is -0.435 e. The van der Waals surface area contributed by atoms with E-state index in [1.807, 2.05) is 19.1 Å². The number of benzene rings is 1. The number of hydrogen-bond acceptors (Lipinski definition) is 3. The fraction of sp³-hybridized carbons (Fsp3) is 0.267. The summed E-state index contributed by atoms with van der Waals surface area (Å²) in [4.78, 5) is 3.92. The van der Waals surface area contributed by atoms with Gasteiger partial charge in [0.2, 0.25) is 0 Å². The van der Waals surface area contributed by atoms with E-state index in [9.17, 15) is 13.9 Å². The van der Waals surface area contributed by atoms with E-state index in [1.54, 1.807) is 24.5 Å². The van der Waals surface area contributed by atoms with Gasteiger partial charge in [-0.1, -0.05) is 19.1 Å². The Bertz CT molecular complexity index is 549. The molecule has 1 N–H and O–H groups in total. The summed E-state index contributed by atoms with van der Waals surface area (Å²) in [6, 6.07) is 9.74. The van der Waals surface area contributed by atoms with Crippen LogP contribution in [0.5, 0.6) is 5.75 Å². The number of aliphatic hydroxyl groups is 1. The van der Waals surface area contributed by atoms with Gasteiger partial charge in [0.05, 0.1) is 6.10 Å². The van der Waals surface area contributed by atoms with Gasteiger partial charge in [-0.25, -0.2) is 0 Å². The number of rotatable bonds is 5. The first kappa shape index (κ1) is 14.4. The molecule has 2 atom stereocenters. The van der Waals surface area contributed by atoms with Crippen molar-refractivity contribution >= 4 is 0 Å². The third kappa shape index (κ3) is 3.51. The molecule has 1 heterocycles. The molecule has 106 valence electrons. The van der Waals surface area contributed by atoms with E-state index in [4.69, 9.17) is 0 Å². The molecule has 0 saturated carbocycles. The molecule has 2 unspecified atom stereocenters. The Labute approximate surface area is 115 Å². The average molecular weight is 279 g/mol. The number of ether oxygens (including phenoxy) is 1. The van der Waals surface area contributed by atoms with E-state index < -0.39 is 12.7 Å². The first-order valence-electron chi connectivity index (χ1n) is 6.20. The predicted octanol–water partition coefficient (Wildman–Crippen LogP) is 3.52. The smallest absolute Gasteiger partial charge is 0.387 e. The molecule has 0 amide bonds. The van der Waals surface area contributed by atoms with Crippen molar-refractivity contribution in [3.8, 4) is 5.75 Å². The highest BCUT2D eigenvalue weighted by Crippen LogP contribution is 2.31. The van der Waals surface area contributed by atoms with Gasteiger partial charge in [0, 0.05) is 18.3 Å². The number of hydrogen-bond donors (Lipinski definition) is 1. The second-order valence-corrected chi connectivity index (χ2v) is 4.47. The Kier molecular flexibility index (Phi) is 4.63. The molecule has 1 aromatic carbocycles. The molecule has 0 aliphatic rings. The highest BCUT2D eigenvalue weighted by molar-refractivity contribution is 5.32. The molecule has 0 aliphatic heterocycles. The van der Waals surface area contributed by atoms with Crippen molar-refractivity contribution in [3.05, 3.63) is 59.9 Å². The molecule has 0 radical (unpaired) electrons. The predicted molar refractivity (Wildman–Crippen MR) is 70.7 cm³/mol. The zero-order valence-corrected chi connectivity index (χ0v) is 10.9. The summed E-state index contributed by atoms with van der Waals surface area (Å²) in [6.07, 6.45) is 2.49. The molecule has 2 aromatic rings. The fourth-order valence-electron chi connectivity index (χ4n) is 2.01. The maximum absolute atomic E-state index is 12.2. The molecule has 3 nitrogen and oxygen atoms in total. The first-order valence-corrected chi connectivity index (χ1v) is 6.20. The van der Waals surface area contributed by atoms with Gasteiger partial charge in [0.15, 0.2) is 0 Å². The topological polar surface area (TPSA) is 42.4 Å². The summed E-state index contributed by atoms with van der Waals surface area (Å²) in [7, 11) is 0. The Morgan fingerprint density at radius 1 is 1.10 bits per heavy atom. The van der Waals surface area contributed by atoms with Crippen LogP contribution in [0.15, 0.2) is 48.8 Å². The van der Waals surface area contributed by atoms with Gasteiger partial charge in [-0.05, 0) is 35.4 Å². The highest BCUT2D eigenvalue weighted by Gasteiger charge is 2.19. The van der Waals surface area contributed by atoms with E-state index in [0.717, 1.165) is 5.56 Å². The van der Waals surface area contributed by atoms with E-state index in [2.05, 4.69) is 9.72 Å². The lowest BCUT2D eigenvalue weighted by molar-refractivity contribution is -0.0500. The van der Waals surface area contributed by atoms with Gasteiger partial charge in [-0.2, -0.15) is 8.78 Å². The minimum absolute atomic E-state index is 0.0403. The van der Waals surface area contributed by atoms with Gasteiger partial charge >= 0.3 is 6.61 Å². The number of nitrogens with zero attached hydrogens (tertiary/aromatic N) is 1. The minimum atomic E-state index is -2.87. The lowest BCUT2D eigenvalue weighted by Crippen LogP contribution is -2.08. The molecular weight excluding hydrogens is 264 g/mol. The van der Waals surface area contributed by atoms with Crippen molar-refractivity contribution < 1.29 is 18.6 Å². The molecule has 0 saturated heterocycles. The first-order chi connectivity index (χ1) is 9.58. The van der Waals surface area contributed by atoms with Crippen LogP contribution in [-0.4, -0.2) is 16.7 Å². The molecule has 0 aliphatic carbocycles. The standard InChI is InChI=1S/C15H15F2NO2/c1-10(11-5-7-18-8-6-11)14(19)12-3-2-4-13(9-12)20-15(16)17/h2-10,14-15,19H,1H3. The van der Waals surface area contributed by atoms with Crippen LogP contribution in [-0.2, 0) is 0 Å². The quantitative estimate of drug-likeness (QED) is 0.910. The van der Waals surface area contributed by atoms with Crippen LogP contribution in [0, 0.1) is 0 Å². The lowest BCUT2D eigenvalue weighted by Gasteiger charge is -2.20. The van der Waals surface area contributed by atoms with Crippen molar-refractivity contribution in [1.29, 1.82) is 0 Å². The summed E-state index contributed by atoms with van der Waals surface area (Å²) < 4.78 is 28.7. The van der Waals surface area contributed by atoms with Gasteiger partial charge in [0.1, 0.15) is 5.75 Å². The second kappa shape index (κ2) is 6.43. The van der Waals surface area contributed by atoms with Crippen LogP contribution in [0.3, 0.4) is 0 Å². The van der Waals surface area contributed by atoms with Crippen LogP contribution in [0.25, 0.3) is 0 Å². The molecular formula is C15H15F2NO2. The summed E-state index contributed by atoms with van der Waals surface area (Å²) in [5.41, 5.74) is 1.46. The molecule has 1 aromatic heterocycles. The number of halogens is 2. The number of aromatic nitrogens is 1. The SMILES string of the molecule is CC(c1ccncc1)C(O)c1cccc(OC(F)F)c1. The molecule has 20 heavy (non-hydrogen) atoms. The number of pyridine rings is 1. The third-order valence-corrected chi connectivity index (χ3v) is 3.13. The van der Waals surface area contributed by atoms with Crippen molar-refractivity contribution in [1.82, 2.24) is 4.98 Å². The molecule has 0 bridgehead atoms. The van der Waals surface area contributed by atoms with Crippen molar-refractivity contribution in [2.24, 2.45) is 0 Å². The van der Waals surface area contributed by atoms with E-state index in [0.29, 0.717) is 5.56 Å². The van der Waals surface area contributed by atoms with Gasteiger partial charge < -0.3 is 9.84 Å². The largest absolute Gasteiger partial charge is 0.435 e. The maximum Gasteiger partial charge on any atom is 0.387 e. The van der Waals surface area contributed by atoms with Crippen molar-refractivity contribution in [2.45, 2.75) is 25.6 Å². The zero-order valence-electron chi connectivity index (χ0n) is 10.9. The zero-order chi connectivity index (χ0) is 14.5. The Morgan fingerprint density at radius 3 is 2.45 bits per heavy atom. The van der Waals surface area contributed by atoms with Crippen molar-refractivity contribution in [2.75, 3.05) is 0 Å². The van der Waals surface area contributed by atoms with Gasteiger partial charge in [-0.15, -0.1) is 0 Å². The number of alkyl halides is 2. The lowest BCUT2D eigenvalue weighted by atomic mass is 9.91. The summed E-state index contributed by atoms with van der Waals surface area (Å²) in [5, 5.41) is 10.3. The van der Waals surface area contributed by atoms with Gasteiger partial charge in [-0.3, -0.25) is 4.98 Å². The Morgan fingerprint density at radius 2 is 1.80 bits per heavy atom. The van der Waals surface area contributed by atoms with Crippen LogP contribution in [0.4, 0.5) is 8.78 Å². The molecule has 2 rings (SSSR count). The second-order valence-electron chi connectivity index (χ2n) is 4.47. The maximum atomic E-state index is 12.2. The summed E-state index contributed by atoms with van der Waals surface area (Å²) >= 11 is 0. The molecule has 5 heteroatoms. The van der Waals surface area contributed by atoms with E-state index in [-0.39, 0.29) is 11.7 Å². The average Bonchev–Trinajstić information content (AvgIpc) is 2.46. The van der Waals surface area contributed by atoms with Crippen LogP contribution in [0.2, 0.25) is 0 Å². The van der Waals surface area contributed by atoms with Gasteiger partial charge in [0.25, 0.3) is 0 Å². The summed E-state index contributed by atoms with van der Waals surface area (Å²) in [6.45, 7) is -1.01. The third-order valence-electron chi connectivity index (χ3n) is 3.13. The van der Waals surface area contributed by atoms with E-state index >= 15 is 0 Å². The molecule has 0 spiro atoms. The normalized spacial score (nSPS) is 14.1.